The molecule has 0 unspecified atom stereocenters. The van der Waals surface area contributed by atoms with Gasteiger partial charge in [0.1, 0.15) is 6.54 Å². The minimum atomic E-state index is -3.64. The number of fused-ring (bicyclic) bond motifs is 2. The Kier molecular flexibility index (Phi) is 5.24. The molecule has 0 radical (unpaired) electrons. The number of carbonyl (C=O) groups is 1. The van der Waals surface area contributed by atoms with E-state index < -0.39 is 10.0 Å². The first-order valence-electron chi connectivity index (χ1n) is 9.05. The van der Waals surface area contributed by atoms with Gasteiger partial charge in [-0.2, -0.15) is 5.26 Å². The van der Waals surface area contributed by atoms with Crippen LogP contribution in [0.1, 0.15) is 38.2 Å². The number of rotatable bonds is 6. The van der Waals surface area contributed by atoms with Gasteiger partial charge in [0, 0.05) is 6.04 Å². The van der Waals surface area contributed by atoms with Gasteiger partial charge in [-0.15, -0.1) is 0 Å². The third-order valence-electron chi connectivity index (χ3n) is 5.77. The van der Waals surface area contributed by atoms with E-state index in [0.29, 0.717) is 23.1 Å². The highest BCUT2D eigenvalue weighted by Crippen LogP contribution is 2.49. The van der Waals surface area contributed by atoms with Crippen molar-refractivity contribution in [1.29, 1.82) is 5.26 Å². The van der Waals surface area contributed by atoms with E-state index in [4.69, 9.17) is 5.26 Å². The number of nitriles is 1. The summed E-state index contributed by atoms with van der Waals surface area (Å²) in [7, 11) is -3.64. The minimum absolute atomic E-state index is 0.0460. The molecule has 1 amide bonds. The molecular weight excluding hydrogens is 350 g/mol. The Morgan fingerprint density at radius 3 is 2.73 bits per heavy atom. The van der Waals surface area contributed by atoms with Gasteiger partial charge < -0.3 is 5.32 Å². The van der Waals surface area contributed by atoms with Gasteiger partial charge in [0.15, 0.2) is 0 Å². The summed E-state index contributed by atoms with van der Waals surface area (Å²) in [6.45, 7) is 1.74. The molecule has 4 atom stereocenters. The number of amides is 1. The summed E-state index contributed by atoms with van der Waals surface area (Å²) >= 11 is 0. The largest absolute Gasteiger partial charge is 0.352 e. The van der Waals surface area contributed by atoms with Crippen molar-refractivity contribution >= 4 is 21.6 Å². The fourth-order valence-electron chi connectivity index (χ4n) is 4.57. The van der Waals surface area contributed by atoms with E-state index >= 15 is 0 Å². The molecule has 2 saturated carbocycles. The van der Waals surface area contributed by atoms with Crippen LogP contribution in [0.4, 0.5) is 5.69 Å². The van der Waals surface area contributed by atoms with Gasteiger partial charge in [0.25, 0.3) is 0 Å². The lowest BCUT2D eigenvalue weighted by Crippen LogP contribution is -2.46. The lowest BCUT2D eigenvalue weighted by molar-refractivity contribution is -0.120. The second kappa shape index (κ2) is 7.28. The Morgan fingerprint density at radius 2 is 2.15 bits per heavy atom. The van der Waals surface area contributed by atoms with Crippen LogP contribution in [0.3, 0.4) is 0 Å². The van der Waals surface area contributed by atoms with Crippen LogP contribution in [-0.2, 0) is 14.8 Å². The summed E-state index contributed by atoms with van der Waals surface area (Å²) in [6, 6.07) is 8.32. The van der Waals surface area contributed by atoms with Crippen molar-refractivity contribution in [1.82, 2.24) is 5.32 Å². The van der Waals surface area contributed by atoms with E-state index in [9.17, 15) is 13.2 Å². The Balaban J connectivity index is 1.69. The highest BCUT2D eigenvalue weighted by Gasteiger charge is 2.42. The van der Waals surface area contributed by atoms with E-state index in [-0.39, 0.29) is 18.5 Å². The summed E-state index contributed by atoms with van der Waals surface area (Å²) in [6.07, 6.45) is 6.04. The molecule has 7 heteroatoms. The van der Waals surface area contributed by atoms with Crippen molar-refractivity contribution in [3.63, 3.8) is 0 Å². The van der Waals surface area contributed by atoms with Gasteiger partial charge in [0.2, 0.25) is 15.9 Å². The average Bonchev–Trinajstić information content (AvgIpc) is 3.22. The van der Waals surface area contributed by atoms with Crippen LogP contribution in [0.15, 0.2) is 24.3 Å². The van der Waals surface area contributed by atoms with E-state index in [1.165, 1.54) is 25.3 Å². The molecule has 1 aromatic rings. The molecule has 1 N–H and O–H groups in total. The van der Waals surface area contributed by atoms with Crippen molar-refractivity contribution in [2.75, 3.05) is 17.1 Å². The van der Waals surface area contributed by atoms with Crippen molar-refractivity contribution < 1.29 is 13.2 Å². The first-order valence-corrected chi connectivity index (χ1v) is 10.9. The topological polar surface area (TPSA) is 90.3 Å². The maximum Gasteiger partial charge on any atom is 0.240 e. The smallest absolute Gasteiger partial charge is 0.240 e. The number of hydrogen-bond acceptors (Lipinski definition) is 4. The number of benzene rings is 1. The third-order valence-corrected chi connectivity index (χ3v) is 6.92. The molecule has 0 aliphatic heterocycles. The zero-order chi connectivity index (χ0) is 18.9. The van der Waals surface area contributed by atoms with Crippen molar-refractivity contribution in [3.05, 3.63) is 29.8 Å². The molecule has 0 heterocycles. The highest BCUT2D eigenvalue weighted by atomic mass is 32.2. The maximum atomic E-state index is 12.5. The molecule has 0 spiro atoms. The predicted octanol–water partition coefficient (Wildman–Crippen LogP) is 2.27. The fraction of sp³-hybridized carbons (Fsp3) is 0.579. The zero-order valence-electron chi connectivity index (χ0n) is 15.2. The summed E-state index contributed by atoms with van der Waals surface area (Å²) in [5.74, 6) is 1.67. The van der Waals surface area contributed by atoms with Gasteiger partial charge in [0.05, 0.1) is 23.6 Å². The van der Waals surface area contributed by atoms with E-state index in [0.717, 1.165) is 22.9 Å². The van der Waals surface area contributed by atoms with Crippen LogP contribution in [0.5, 0.6) is 0 Å². The molecule has 1 aromatic carbocycles. The minimum Gasteiger partial charge on any atom is -0.352 e. The molecule has 2 fully saturated rings. The number of carbonyl (C=O) groups excluding carboxylic acids is 1. The monoisotopic (exact) mass is 375 g/mol. The number of nitrogens with one attached hydrogen (secondary N) is 1. The second-order valence-electron chi connectivity index (χ2n) is 7.63. The number of hydrogen-bond donors (Lipinski definition) is 1. The Labute approximate surface area is 155 Å². The SMILES string of the molecule is C[C@H](NC(=O)CN(c1cccc(C#N)c1)S(C)(=O)=O)[C@@H]1C[C@@H]2CC[C@@H]1C2. The number of nitrogens with zero attached hydrogens (tertiary/aromatic N) is 2. The maximum absolute atomic E-state index is 12.5. The molecule has 2 aliphatic carbocycles. The Morgan fingerprint density at radius 1 is 1.38 bits per heavy atom. The Hall–Kier alpha value is -2.07. The molecular formula is C19H25N3O3S. The average molecular weight is 375 g/mol. The Bertz CT molecular complexity index is 831. The summed E-state index contributed by atoms with van der Waals surface area (Å²) in [5.41, 5.74) is 0.682. The van der Waals surface area contributed by atoms with Gasteiger partial charge in [-0.3, -0.25) is 9.10 Å². The molecule has 0 aromatic heterocycles. The normalized spacial score (nSPS) is 25.5. The van der Waals surface area contributed by atoms with Crippen LogP contribution in [0, 0.1) is 29.1 Å². The van der Waals surface area contributed by atoms with Gasteiger partial charge in [-0.1, -0.05) is 12.5 Å². The van der Waals surface area contributed by atoms with Crippen molar-refractivity contribution in [3.8, 4) is 6.07 Å². The second-order valence-corrected chi connectivity index (χ2v) is 9.53. The third kappa shape index (κ3) is 4.01. The molecule has 26 heavy (non-hydrogen) atoms. The molecule has 0 saturated heterocycles. The highest BCUT2D eigenvalue weighted by molar-refractivity contribution is 7.92. The van der Waals surface area contributed by atoms with Crippen LogP contribution in [0.2, 0.25) is 0 Å². The van der Waals surface area contributed by atoms with Crippen molar-refractivity contribution in [2.24, 2.45) is 17.8 Å². The molecule has 3 rings (SSSR count). The van der Waals surface area contributed by atoms with E-state index in [2.05, 4.69) is 5.32 Å². The van der Waals surface area contributed by atoms with Gasteiger partial charge in [-0.25, -0.2) is 8.42 Å². The van der Waals surface area contributed by atoms with Crippen LogP contribution < -0.4 is 9.62 Å². The van der Waals surface area contributed by atoms with E-state index in [1.807, 2.05) is 13.0 Å². The molecule has 140 valence electrons. The van der Waals surface area contributed by atoms with Crippen molar-refractivity contribution in [2.45, 2.75) is 38.6 Å². The fourth-order valence-corrected chi connectivity index (χ4v) is 5.42. The van der Waals surface area contributed by atoms with Gasteiger partial charge in [-0.05, 0) is 62.1 Å². The number of anilines is 1. The summed E-state index contributed by atoms with van der Waals surface area (Å²) < 4.78 is 25.4. The predicted molar refractivity (Wildman–Crippen MR) is 99.9 cm³/mol. The standard InChI is InChI=1S/C19H25N3O3S/c1-13(18-10-14-6-7-16(18)8-14)21-19(23)12-22(26(2,24)25)17-5-3-4-15(9-17)11-20/h3-5,9,13-14,16,18H,6-8,10,12H2,1-2H3,(H,21,23)/t13-,14+,16+,18-/m0/s1. The van der Waals surface area contributed by atoms with Gasteiger partial charge >= 0.3 is 0 Å². The molecule has 6 nitrogen and oxygen atoms in total. The lowest BCUT2D eigenvalue weighted by Gasteiger charge is -2.29. The first kappa shape index (κ1) is 18.7. The van der Waals surface area contributed by atoms with Crippen LogP contribution in [0.25, 0.3) is 0 Å². The summed E-state index contributed by atoms with van der Waals surface area (Å²) in [5, 5.41) is 12.0. The zero-order valence-corrected chi connectivity index (χ0v) is 16.0. The van der Waals surface area contributed by atoms with Crippen LogP contribution >= 0.6 is 0 Å². The molecule has 2 bridgehead atoms. The quantitative estimate of drug-likeness (QED) is 0.826. The number of sulfonamides is 1. The first-order chi connectivity index (χ1) is 12.3. The van der Waals surface area contributed by atoms with Crippen LogP contribution in [-0.4, -0.2) is 33.2 Å². The summed E-state index contributed by atoms with van der Waals surface area (Å²) in [4.78, 5) is 12.5. The molecule has 2 aliphatic rings. The van der Waals surface area contributed by atoms with E-state index in [1.54, 1.807) is 18.2 Å². The lowest BCUT2D eigenvalue weighted by atomic mass is 9.84.